The quantitative estimate of drug-likeness (QED) is 0.598. The molecule has 64 valence electrons. The van der Waals surface area contributed by atoms with Gasteiger partial charge in [0.2, 0.25) is 0 Å². The number of aliphatic carboxylic acids is 1. The van der Waals surface area contributed by atoms with Crippen molar-refractivity contribution in [3.05, 3.63) is 0 Å². The lowest BCUT2D eigenvalue weighted by Gasteiger charge is -2.34. The molecule has 2 atom stereocenters. The van der Waals surface area contributed by atoms with E-state index in [0.29, 0.717) is 12.8 Å². The van der Waals surface area contributed by atoms with Crippen LogP contribution in [-0.4, -0.2) is 22.3 Å². The molecule has 11 heavy (non-hydrogen) atoms. The lowest BCUT2D eigenvalue weighted by atomic mass is 9.73. The number of hydrogen-bond acceptors (Lipinski definition) is 2. The minimum Gasteiger partial charge on any atom is -0.481 e. The zero-order valence-electron chi connectivity index (χ0n) is 6.71. The normalized spacial score (nSPS) is 38.5. The second-order valence-electron chi connectivity index (χ2n) is 3.48. The molecule has 2 N–H and O–H groups in total. The van der Waals surface area contributed by atoms with E-state index in [1.54, 1.807) is 6.92 Å². The summed E-state index contributed by atoms with van der Waals surface area (Å²) >= 11 is 0. The van der Waals surface area contributed by atoms with Crippen LogP contribution < -0.4 is 0 Å². The maximum Gasteiger partial charge on any atom is 0.311 e. The highest BCUT2D eigenvalue weighted by molar-refractivity contribution is 5.75. The van der Waals surface area contributed by atoms with Crippen molar-refractivity contribution in [1.29, 1.82) is 0 Å². The molecule has 0 bridgehead atoms. The number of aliphatic hydroxyl groups is 1. The Kier molecular flexibility index (Phi) is 2.18. The Bertz CT molecular complexity index is 167. The van der Waals surface area contributed by atoms with Crippen molar-refractivity contribution in [2.75, 3.05) is 0 Å². The van der Waals surface area contributed by atoms with Gasteiger partial charge < -0.3 is 10.2 Å². The van der Waals surface area contributed by atoms with Gasteiger partial charge in [0.1, 0.15) is 0 Å². The van der Waals surface area contributed by atoms with Gasteiger partial charge in [0.15, 0.2) is 0 Å². The first-order valence-corrected chi connectivity index (χ1v) is 3.99. The van der Waals surface area contributed by atoms with E-state index in [9.17, 15) is 9.90 Å². The van der Waals surface area contributed by atoms with Crippen LogP contribution >= 0.6 is 0 Å². The highest BCUT2D eigenvalue weighted by Crippen LogP contribution is 2.36. The number of carbonyl (C=O) groups is 1. The molecule has 0 radical (unpaired) electrons. The van der Waals surface area contributed by atoms with Crippen LogP contribution in [0.25, 0.3) is 0 Å². The standard InChI is InChI=1S/C8H14O3/c1-8(7(10)11)5-3-2-4-6(8)9/h6,9H,2-5H2,1H3,(H,10,11)/t6-,8-/m0/s1. The molecular formula is C8H14O3. The Morgan fingerprint density at radius 2 is 2.18 bits per heavy atom. The molecule has 3 heteroatoms. The van der Waals surface area contributed by atoms with Crippen LogP contribution in [0.4, 0.5) is 0 Å². The molecule has 1 aliphatic rings. The molecule has 1 saturated carbocycles. The van der Waals surface area contributed by atoms with Crippen molar-refractivity contribution in [2.45, 2.75) is 38.7 Å². The summed E-state index contributed by atoms with van der Waals surface area (Å²) in [6.07, 6.45) is 2.43. The fourth-order valence-corrected chi connectivity index (χ4v) is 1.56. The van der Waals surface area contributed by atoms with Gasteiger partial charge in [0.25, 0.3) is 0 Å². The summed E-state index contributed by atoms with van der Waals surface area (Å²) < 4.78 is 0. The Morgan fingerprint density at radius 1 is 1.55 bits per heavy atom. The summed E-state index contributed by atoms with van der Waals surface area (Å²) in [6, 6.07) is 0. The van der Waals surface area contributed by atoms with Crippen LogP contribution in [0.1, 0.15) is 32.6 Å². The SMILES string of the molecule is C[C@]1(C(=O)O)CCCC[C@@H]1O. The molecule has 1 fully saturated rings. The van der Waals surface area contributed by atoms with Crippen molar-refractivity contribution >= 4 is 5.97 Å². The van der Waals surface area contributed by atoms with Gasteiger partial charge in [-0.2, -0.15) is 0 Å². The predicted molar refractivity (Wildman–Crippen MR) is 40.2 cm³/mol. The van der Waals surface area contributed by atoms with Crippen LogP contribution in [0.5, 0.6) is 0 Å². The van der Waals surface area contributed by atoms with Crippen molar-refractivity contribution < 1.29 is 15.0 Å². The zero-order chi connectivity index (χ0) is 8.48. The number of aliphatic hydroxyl groups excluding tert-OH is 1. The van der Waals surface area contributed by atoms with Crippen LogP contribution in [-0.2, 0) is 4.79 Å². The average molecular weight is 158 g/mol. The van der Waals surface area contributed by atoms with E-state index in [2.05, 4.69) is 0 Å². The Morgan fingerprint density at radius 3 is 2.55 bits per heavy atom. The van der Waals surface area contributed by atoms with E-state index < -0.39 is 17.5 Å². The molecule has 3 nitrogen and oxygen atoms in total. The van der Waals surface area contributed by atoms with Crippen LogP contribution in [0.2, 0.25) is 0 Å². The van der Waals surface area contributed by atoms with Crippen molar-refractivity contribution in [2.24, 2.45) is 5.41 Å². The van der Waals surface area contributed by atoms with Crippen LogP contribution in [0.3, 0.4) is 0 Å². The Labute approximate surface area is 66.0 Å². The van der Waals surface area contributed by atoms with Gasteiger partial charge in [-0.05, 0) is 19.8 Å². The minimum absolute atomic E-state index is 0.601. The van der Waals surface area contributed by atoms with E-state index in [-0.39, 0.29) is 0 Å². The first kappa shape index (κ1) is 8.53. The summed E-state index contributed by atoms with van der Waals surface area (Å²) in [5.74, 6) is -0.871. The van der Waals surface area contributed by atoms with Gasteiger partial charge in [-0.1, -0.05) is 12.8 Å². The van der Waals surface area contributed by atoms with Gasteiger partial charge >= 0.3 is 5.97 Å². The molecule has 0 saturated heterocycles. The summed E-state index contributed by atoms with van der Waals surface area (Å²) in [7, 11) is 0. The molecule has 0 aliphatic heterocycles. The molecule has 0 aromatic carbocycles. The first-order chi connectivity index (χ1) is 5.07. The van der Waals surface area contributed by atoms with E-state index in [4.69, 9.17) is 5.11 Å². The average Bonchev–Trinajstić information content (AvgIpc) is 1.95. The predicted octanol–water partition coefficient (Wildman–Crippen LogP) is 1.01. The van der Waals surface area contributed by atoms with Gasteiger partial charge in [0.05, 0.1) is 11.5 Å². The maximum absolute atomic E-state index is 10.7. The highest BCUT2D eigenvalue weighted by atomic mass is 16.4. The number of rotatable bonds is 1. The Balaban J connectivity index is 2.72. The van der Waals surface area contributed by atoms with Gasteiger partial charge in [-0.3, -0.25) is 4.79 Å². The van der Waals surface area contributed by atoms with E-state index in [1.807, 2.05) is 0 Å². The van der Waals surface area contributed by atoms with Gasteiger partial charge in [-0.15, -0.1) is 0 Å². The zero-order valence-corrected chi connectivity index (χ0v) is 6.71. The smallest absolute Gasteiger partial charge is 0.311 e. The van der Waals surface area contributed by atoms with Crippen molar-refractivity contribution in [3.8, 4) is 0 Å². The third-order valence-electron chi connectivity index (χ3n) is 2.65. The van der Waals surface area contributed by atoms with E-state index >= 15 is 0 Å². The molecule has 0 spiro atoms. The monoisotopic (exact) mass is 158 g/mol. The second kappa shape index (κ2) is 2.81. The number of hydrogen-bond donors (Lipinski definition) is 2. The van der Waals surface area contributed by atoms with Gasteiger partial charge in [0, 0.05) is 0 Å². The Hall–Kier alpha value is -0.570. The summed E-state index contributed by atoms with van der Waals surface area (Å²) in [6.45, 7) is 1.62. The second-order valence-corrected chi connectivity index (χ2v) is 3.48. The topological polar surface area (TPSA) is 57.5 Å². The number of carboxylic acids is 1. The van der Waals surface area contributed by atoms with Gasteiger partial charge in [-0.25, -0.2) is 0 Å². The molecule has 0 heterocycles. The summed E-state index contributed by atoms with van der Waals surface area (Å²) in [5, 5.41) is 18.2. The van der Waals surface area contributed by atoms with Crippen LogP contribution in [0.15, 0.2) is 0 Å². The summed E-state index contributed by atoms with van der Waals surface area (Å²) in [5.41, 5.74) is -0.891. The lowest BCUT2D eigenvalue weighted by molar-refractivity contribution is -0.158. The molecule has 1 aliphatic carbocycles. The fourth-order valence-electron chi connectivity index (χ4n) is 1.56. The van der Waals surface area contributed by atoms with Crippen molar-refractivity contribution in [1.82, 2.24) is 0 Å². The molecular weight excluding hydrogens is 144 g/mol. The van der Waals surface area contributed by atoms with Crippen LogP contribution in [0, 0.1) is 5.41 Å². The summed E-state index contributed by atoms with van der Waals surface area (Å²) in [4.78, 5) is 10.7. The van der Waals surface area contributed by atoms with E-state index in [1.165, 1.54) is 0 Å². The molecule has 0 amide bonds. The molecule has 1 rings (SSSR count). The van der Waals surface area contributed by atoms with E-state index in [0.717, 1.165) is 12.8 Å². The van der Waals surface area contributed by atoms with Crippen molar-refractivity contribution in [3.63, 3.8) is 0 Å². The maximum atomic E-state index is 10.7. The largest absolute Gasteiger partial charge is 0.481 e. The molecule has 0 unspecified atom stereocenters. The first-order valence-electron chi connectivity index (χ1n) is 3.99. The molecule has 0 aromatic heterocycles. The fraction of sp³-hybridized carbons (Fsp3) is 0.875. The lowest BCUT2D eigenvalue weighted by Crippen LogP contribution is -2.42. The number of carboxylic acid groups (broad SMARTS) is 1. The third-order valence-corrected chi connectivity index (χ3v) is 2.65. The highest BCUT2D eigenvalue weighted by Gasteiger charge is 2.41. The third kappa shape index (κ3) is 1.38. The molecule has 0 aromatic rings. The minimum atomic E-state index is -0.891.